The van der Waals surface area contributed by atoms with E-state index < -0.39 is 12.0 Å². The number of hydrogen-bond acceptors (Lipinski definition) is 6. The molecule has 6 rings (SSSR count). The number of anilines is 1. The molecule has 2 aliphatic rings. The van der Waals surface area contributed by atoms with Crippen LogP contribution in [0.4, 0.5) is 5.69 Å². The van der Waals surface area contributed by atoms with Crippen molar-refractivity contribution in [3.63, 3.8) is 0 Å². The Morgan fingerprint density at radius 2 is 1.56 bits per heavy atom. The Morgan fingerprint density at radius 3 is 2.24 bits per heavy atom. The maximum absolute atomic E-state index is 14.8. The van der Waals surface area contributed by atoms with Crippen LogP contribution in [0, 0.1) is 6.92 Å². The first-order chi connectivity index (χ1) is 26.7. The number of aliphatic hydroxyl groups excluding tert-OH is 1. The van der Waals surface area contributed by atoms with Gasteiger partial charge in [-0.05, 0) is 80.0 Å². The van der Waals surface area contributed by atoms with E-state index in [-0.39, 0.29) is 42.2 Å². The Morgan fingerprint density at radius 1 is 0.891 bits per heavy atom. The molecule has 2 N–H and O–H groups in total. The molecule has 2 atom stereocenters. The molecule has 1 fully saturated rings. The predicted molar refractivity (Wildman–Crippen MR) is 213 cm³/mol. The highest BCUT2D eigenvalue weighted by atomic mass is 16.3. The average Bonchev–Trinajstić information content (AvgIpc) is 3.90. The minimum absolute atomic E-state index is 0.0297. The number of amides is 4. The van der Waals surface area contributed by atoms with Gasteiger partial charge in [-0.15, -0.1) is 0 Å². The summed E-state index contributed by atoms with van der Waals surface area (Å²) in [4.78, 5) is 61.4. The molecule has 1 saturated heterocycles. The van der Waals surface area contributed by atoms with E-state index in [4.69, 9.17) is 5.10 Å². The summed E-state index contributed by atoms with van der Waals surface area (Å²) in [6.45, 7) is 8.82. The molecular weight excluding hydrogens is 693 g/mol. The van der Waals surface area contributed by atoms with Gasteiger partial charge in [-0.25, -0.2) is 4.68 Å². The fourth-order valence-electron chi connectivity index (χ4n) is 7.66. The molecule has 0 spiro atoms. The van der Waals surface area contributed by atoms with Gasteiger partial charge < -0.3 is 25.1 Å². The number of rotatable bonds is 15. The van der Waals surface area contributed by atoms with Crippen molar-refractivity contribution in [1.82, 2.24) is 24.5 Å². The van der Waals surface area contributed by atoms with Crippen molar-refractivity contribution < 1.29 is 24.3 Å². The number of aryl methyl sites for hydroxylation is 1. The number of nitrogens with zero attached hydrogens (tertiary/aromatic N) is 5. The van der Waals surface area contributed by atoms with Gasteiger partial charge in [-0.3, -0.25) is 19.2 Å². The van der Waals surface area contributed by atoms with Crippen molar-refractivity contribution in [3.05, 3.63) is 113 Å². The molecule has 4 amide bonds. The van der Waals surface area contributed by atoms with E-state index in [0.29, 0.717) is 61.9 Å². The third-order valence-electron chi connectivity index (χ3n) is 10.9. The number of carbonyl (C=O) groups excluding carboxylic acids is 4. The molecule has 0 saturated carbocycles. The molecule has 0 radical (unpaired) electrons. The molecule has 3 heterocycles. The highest BCUT2D eigenvalue weighted by Gasteiger charge is 2.33. The molecule has 2 unspecified atom stereocenters. The summed E-state index contributed by atoms with van der Waals surface area (Å²) in [5.74, 6) is -1.64. The Kier molecular flexibility index (Phi) is 13.2. The van der Waals surface area contributed by atoms with Gasteiger partial charge in [-0.2, -0.15) is 5.10 Å². The van der Waals surface area contributed by atoms with Gasteiger partial charge in [0.1, 0.15) is 0 Å². The second-order valence-electron chi connectivity index (χ2n) is 14.8. The van der Waals surface area contributed by atoms with Crippen LogP contribution in [0.15, 0.2) is 78.9 Å². The number of aromatic nitrogens is 2. The first-order valence-electron chi connectivity index (χ1n) is 19.8. The van der Waals surface area contributed by atoms with Gasteiger partial charge in [0.25, 0.3) is 11.8 Å². The topological polar surface area (TPSA) is 128 Å². The monoisotopic (exact) mass is 746 g/mol. The van der Waals surface area contributed by atoms with Crippen LogP contribution < -0.4 is 5.32 Å². The van der Waals surface area contributed by atoms with Crippen molar-refractivity contribution >= 4 is 29.3 Å². The van der Waals surface area contributed by atoms with E-state index in [1.54, 1.807) is 33.8 Å². The molecule has 0 bridgehead atoms. The van der Waals surface area contributed by atoms with Crippen LogP contribution in [-0.2, 0) is 22.6 Å². The maximum atomic E-state index is 14.8. The van der Waals surface area contributed by atoms with Crippen LogP contribution in [0.3, 0.4) is 0 Å². The lowest BCUT2D eigenvalue weighted by molar-refractivity contribution is -0.132. The molecule has 290 valence electrons. The minimum Gasteiger partial charge on any atom is -0.394 e. The van der Waals surface area contributed by atoms with Crippen LogP contribution in [0.1, 0.15) is 108 Å². The average molecular weight is 747 g/mol. The maximum Gasteiger partial charge on any atom is 0.274 e. The first kappa shape index (κ1) is 39.4. The highest BCUT2D eigenvalue weighted by molar-refractivity contribution is 6.02. The second kappa shape index (κ2) is 18.4. The third kappa shape index (κ3) is 9.16. The van der Waals surface area contributed by atoms with Crippen molar-refractivity contribution in [2.75, 3.05) is 38.1 Å². The van der Waals surface area contributed by atoms with E-state index >= 15 is 0 Å². The fraction of sp³-hybridized carbons (Fsp3) is 0.432. The first-order valence-corrected chi connectivity index (χ1v) is 19.8. The standard InChI is InChI=1S/C44H54N6O5/c1-4-6-21-48(22-7-5-2)44(55)39-25-31(3)50(46-39)40-20-19-35(27-38(40)43(54)49-29-34-18-12-11-17-33(34)26-36(49)30-51)45-42(53)37(32-15-9-8-10-16-32)28-41(52)47-23-13-14-24-47/h8-12,15-20,25,27,36-37,51H,4-7,13-14,21-24,26,28-30H2,1-3H3,(H,45,53). The Hall–Kier alpha value is -5.29. The molecule has 1 aromatic heterocycles. The molecule has 2 aliphatic heterocycles. The van der Waals surface area contributed by atoms with Crippen LogP contribution in [-0.4, -0.2) is 92.0 Å². The zero-order valence-corrected chi connectivity index (χ0v) is 32.4. The predicted octanol–water partition coefficient (Wildman–Crippen LogP) is 6.52. The van der Waals surface area contributed by atoms with Gasteiger partial charge in [0.05, 0.1) is 29.8 Å². The van der Waals surface area contributed by atoms with E-state index in [1.807, 2.05) is 71.3 Å². The Labute approximate surface area is 324 Å². The smallest absolute Gasteiger partial charge is 0.274 e. The van der Waals surface area contributed by atoms with Crippen LogP contribution in [0.5, 0.6) is 0 Å². The number of hydrogen-bond donors (Lipinski definition) is 2. The van der Waals surface area contributed by atoms with Crippen molar-refractivity contribution in [2.45, 2.75) is 90.6 Å². The molecule has 11 nitrogen and oxygen atoms in total. The van der Waals surface area contributed by atoms with Crippen LogP contribution >= 0.6 is 0 Å². The summed E-state index contributed by atoms with van der Waals surface area (Å²) in [6.07, 6.45) is 6.16. The molecule has 55 heavy (non-hydrogen) atoms. The fourth-order valence-corrected chi connectivity index (χ4v) is 7.66. The summed E-state index contributed by atoms with van der Waals surface area (Å²) >= 11 is 0. The lowest BCUT2D eigenvalue weighted by Gasteiger charge is -2.36. The van der Waals surface area contributed by atoms with Gasteiger partial charge in [0.2, 0.25) is 11.8 Å². The number of nitrogens with one attached hydrogen (secondary N) is 1. The Bertz CT molecular complexity index is 1960. The van der Waals surface area contributed by atoms with E-state index in [0.717, 1.165) is 55.2 Å². The van der Waals surface area contributed by atoms with Crippen LogP contribution in [0.2, 0.25) is 0 Å². The minimum atomic E-state index is -0.740. The van der Waals surface area contributed by atoms with E-state index in [9.17, 15) is 24.3 Å². The SMILES string of the molecule is CCCCN(CCCC)C(=O)c1cc(C)n(-c2ccc(NC(=O)C(CC(=O)N3CCCC3)c3ccccc3)cc2C(=O)N2Cc3ccccc3CC2CO)n1. The summed E-state index contributed by atoms with van der Waals surface area (Å²) in [5, 5.41) is 18.3. The van der Waals surface area contributed by atoms with Gasteiger partial charge in [0, 0.05) is 50.5 Å². The molecular formula is C44H54N6O5. The highest BCUT2D eigenvalue weighted by Crippen LogP contribution is 2.30. The number of aliphatic hydroxyl groups is 1. The molecule has 11 heteroatoms. The normalized spacial score (nSPS) is 15.7. The number of fused-ring (bicyclic) bond motifs is 1. The summed E-state index contributed by atoms with van der Waals surface area (Å²) < 4.78 is 1.62. The van der Waals surface area contributed by atoms with Crippen LogP contribution in [0.25, 0.3) is 5.69 Å². The number of benzene rings is 3. The molecule has 3 aromatic carbocycles. The van der Waals surface area contributed by atoms with Crippen molar-refractivity contribution in [2.24, 2.45) is 0 Å². The Balaban J connectivity index is 1.37. The lowest BCUT2D eigenvalue weighted by atomic mass is 9.93. The zero-order chi connectivity index (χ0) is 38.9. The summed E-state index contributed by atoms with van der Waals surface area (Å²) in [5.41, 5.74) is 4.89. The summed E-state index contributed by atoms with van der Waals surface area (Å²) in [6, 6.07) is 23.6. The zero-order valence-electron chi connectivity index (χ0n) is 32.4. The third-order valence-corrected chi connectivity index (χ3v) is 10.9. The number of carbonyl (C=O) groups is 4. The quantitative estimate of drug-likeness (QED) is 0.143. The lowest BCUT2D eigenvalue weighted by Crippen LogP contribution is -2.46. The van der Waals surface area contributed by atoms with Gasteiger partial charge >= 0.3 is 0 Å². The van der Waals surface area contributed by atoms with Gasteiger partial charge in [0.15, 0.2) is 5.69 Å². The van der Waals surface area contributed by atoms with Crippen molar-refractivity contribution in [1.29, 1.82) is 0 Å². The largest absolute Gasteiger partial charge is 0.394 e. The van der Waals surface area contributed by atoms with E-state index in [1.165, 1.54) is 0 Å². The molecule has 0 aliphatic carbocycles. The van der Waals surface area contributed by atoms with Gasteiger partial charge in [-0.1, -0.05) is 81.3 Å². The second-order valence-corrected chi connectivity index (χ2v) is 14.8. The van der Waals surface area contributed by atoms with Crippen molar-refractivity contribution in [3.8, 4) is 5.69 Å². The number of likely N-dealkylation sites (tertiary alicyclic amines) is 1. The summed E-state index contributed by atoms with van der Waals surface area (Å²) in [7, 11) is 0. The number of unbranched alkanes of at least 4 members (excludes halogenated alkanes) is 2. The van der Waals surface area contributed by atoms with E-state index in [2.05, 4.69) is 19.2 Å². The molecule has 4 aromatic rings.